The first kappa shape index (κ1) is 14.8. The Kier molecular flexibility index (Phi) is 3.33. The molecule has 1 fully saturated rings. The van der Waals surface area contributed by atoms with Crippen molar-refractivity contribution >= 4 is 27.1 Å². The lowest BCUT2D eigenvalue weighted by atomic mass is 10.2. The van der Waals surface area contributed by atoms with Crippen LogP contribution in [0.3, 0.4) is 0 Å². The van der Waals surface area contributed by atoms with Crippen molar-refractivity contribution in [3.8, 4) is 0 Å². The minimum atomic E-state index is -3.95. The van der Waals surface area contributed by atoms with Gasteiger partial charge in [0.15, 0.2) is 5.58 Å². The molecule has 0 aliphatic carbocycles. The molecule has 0 amide bonds. The second-order valence-electron chi connectivity index (χ2n) is 5.17. The number of aromatic nitrogens is 1. The summed E-state index contributed by atoms with van der Waals surface area (Å²) in [5.74, 6) is -1.75. The molecule has 0 radical (unpaired) electrons. The maximum Gasteiger partial charge on any atom is 0.419 e. The van der Waals surface area contributed by atoms with Crippen LogP contribution >= 0.6 is 0 Å². The molecular formula is C13H14N2O6S. The van der Waals surface area contributed by atoms with Crippen molar-refractivity contribution in [3.05, 3.63) is 28.7 Å². The number of carboxylic acid groups (broad SMARTS) is 1. The van der Waals surface area contributed by atoms with Crippen LogP contribution in [0.4, 0.5) is 0 Å². The van der Waals surface area contributed by atoms with E-state index in [-0.39, 0.29) is 23.4 Å². The highest BCUT2D eigenvalue weighted by Crippen LogP contribution is 2.27. The lowest BCUT2D eigenvalue weighted by Crippen LogP contribution is -2.40. The van der Waals surface area contributed by atoms with E-state index in [0.29, 0.717) is 11.9 Å². The Morgan fingerprint density at radius 1 is 1.41 bits per heavy atom. The Balaban J connectivity index is 2.09. The first-order valence-corrected chi connectivity index (χ1v) is 8.10. The third kappa shape index (κ3) is 2.13. The molecule has 22 heavy (non-hydrogen) atoms. The van der Waals surface area contributed by atoms with E-state index in [2.05, 4.69) is 0 Å². The number of sulfonamides is 1. The second-order valence-corrected chi connectivity index (χ2v) is 7.06. The van der Waals surface area contributed by atoms with E-state index >= 15 is 0 Å². The van der Waals surface area contributed by atoms with Crippen LogP contribution in [0.15, 0.2) is 32.3 Å². The molecule has 0 spiro atoms. The van der Waals surface area contributed by atoms with Crippen molar-refractivity contribution in [3.63, 3.8) is 0 Å². The number of hydrogen-bond acceptors (Lipinski definition) is 5. The van der Waals surface area contributed by atoms with Crippen LogP contribution < -0.4 is 5.76 Å². The zero-order chi connectivity index (χ0) is 16.1. The number of fused-ring (bicyclic) bond motifs is 1. The van der Waals surface area contributed by atoms with Crippen LogP contribution in [0, 0.1) is 0 Å². The molecule has 1 aromatic heterocycles. The number of hydrogen-bond donors (Lipinski definition) is 1. The highest BCUT2D eigenvalue weighted by molar-refractivity contribution is 7.89. The molecule has 3 rings (SSSR count). The van der Waals surface area contributed by atoms with E-state index in [1.54, 1.807) is 0 Å². The summed E-state index contributed by atoms with van der Waals surface area (Å²) in [6, 6.07) is 3.02. The highest BCUT2D eigenvalue weighted by atomic mass is 32.2. The van der Waals surface area contributed by atoms with Crippen molar-refractivity contribution in [1.82, 2.24) is 8.87 Å². The highest BCUT2D eigenvalue weighted by Gasteiger charge is 2.39. The Hall–Kier alpha value is -2.13. The van der Waals surface area contributed by atoms with Crippen LogP contribution in [-0.4, -0.2) is 41.0 Å². The average Bonchev–Trinajstić information content (AvgIpc) is 3.05. The van der Waals surface area contributed by atoms with E-state index in [1.165, 1.54) is 29.8 Å². The molecule has 0 saturated carbocycles. The van der Waals surface area contributed by atoms with Crippen molar-refractivity contribution in [2.24, 2.45) is 7.05 Å². The van der Waals surface area contributed by atoms with Gasteiger partial charge in [0.05, 0.1) is 10.4 Å². The second kappa shape index (κ2) is 4.96. The molecule has 8 nitrogen and oxygen atoms in total. The molecule has 2 heterocycles. The van der Waals surface area contributed by atoms with Crippen LogP contribution in [0.1, 0.15) is 12.8 Å². The minimum Gasteiger partial charge on any atom is -0.480 e. The first-order valence-electron chi connectivity index (χ1n) is 6.66. The van der Waals surface area contributed by atoms with E-state index < -0.39 is 27.8 Å². The third-order valence-corrected chi connectivity index (χ3v) is 5.76. The van der Waals surface area contributed by atoms with Gasteiger partial charge in [0.1, 0.15) is 6.04 Å². The third-order valence-electron chi connectivity index (χ3n) is 3.86. The van der Waals surface area contributed by atoms with Crippen LogP contribution in [0.5, 0.6) is 0 Å². The molecule has 1 N–H and O–H groups in total. The quantitative estimate of drug-likeness (QED) is 0.872. The monoisotopic (exact) mass is 326 g/mol. The standard InChI is InChI=1S/C13H14N2O6S/c1-14-9-5-4-8(7-11(9)21-13(14)18)22(19,20)15-6-2-3-10(15)12(16)17/h4-5,7,10H,2-3,6H2,1H3,(H,16,17)/t10-/m1/s1. The summed E-state index contributed by atoms with van der Waals surface area (Å²) in [6.45, 7) is 0.163. The summed E-state index contributed by atoms with van der Waals surface area (Å²) in [4.78, 5) is 22.6. The van der Waals surface area contributed by atoms with Crippen LogP contribution in [0.25, 0.3) is 11.1 Å². The summed E-state index contributed by atoms with van der Waals surface area (Å²) in [6.07, 6.45) is 0.788. The predicted molar refractivity (Wildman–Crippen MR) is 76.0 cm³/mol. The molecule has 1 saturated heterocycles. The summed E-state index contributed by atoms with van der Waals surface area (Å²) < 4.78 is 32.5. The van der Waals surface area contributed by atoms with E-state index in [1.807, 2.05) is 0 Å². The fourth-order valence-corrected chi connectivity index (χ4v) is 4.35. The van der Waals surface area contributed by atoms with Gasteiger partial charge in [0, 0.05) is 19.7 Å². The van der Waals surface area contributed by atoms with E-state index in [4.69, 9.17) is 9.52 Å². The van der Waals surface area contributed by atoms with E-state index in [0.717, 1.165) is 4.31 Å². The summed E-state index contributed by atoms with van der Waals surface area (Å²) in [7, 11) is -2.43. The van der Waals surface area contributed by atoms with Crippen molar-refractivity contribution in [2.75, 3.05) is 6.54 Å². The number of carbonyl (C=O) groups is 1. The van der Waals surface area contributed by atoms with Gasteiger partial charge in [-0.2, -0.15) is 4.31 Å². The van der Waals surface area contributed by atoms with Crippen LogP contribution in [-0.2, 0) is 21.9 Å². The predicted octanol–water partition coefficient (Wildman–Crippen LogP) is 0.369. The lowest BCUT2D eigenvalue weighted by molar-refractivity contribution is -0.140. The van der Waals surface area contributed by atoms with Gasteiger partial charge >= 0.3 is 11.7 Å². The zero-order valence-electron chi connectivity index (χ0n) is 11.7. The zero-order valence-corrected chi connectivity index (χ0v) is 12.5. The largest absolute Gasteiger partial charge is 0.480 e. The summed E-state index contributed by atoms with van der Waals surface area (Å²) in [5.41, 5.74) is 0.625. The summed E-state index contributed by atoms with van der Waals surface area (Å²) in [5, 5.41) is 9.14. The minimum absolute atomic E-state index is 0.0810. The SMILES string of the molecule is Cn1c(=O)oc2cc(S(=O)(=O)N3CCC[C@@H]3C(=O)O)ccc21. The molecule has 118 valence electrons. The maximum atomic E-state index is 12.6. The Bertz CT molecular complexity index is 910. The van der Waals surface area contributed by atoms with Gasteiger partial charge in [-0.1, -0.05) is 0 Å². The topological polar surface area (TPSA) is 110 Å². The Morgan fingerprint density at radius 3 is 2.82 bits per heavy atom. The van der Waals surface area contributed by atoms with Gasteiger partial charge in [-0.15, -0.1) is 0 Å². The smallest absolute Gasteiger partial charge is 0.419 e. The van der Waals surface area contributed by atoms with Crippen molar-refractivity contribution in [1.29, 1.82) is 0 Å². The molecular weight excluding hydrogens is 312 g/mol. The molecule has 9 heteroatoms. The van der Waals surface area contributed by atoms with Crippen LogP contribution in [0.2, 0.25) is 0 Å². The fraction of sp³-hybridized carbons (Fsp3) is 0.385. The molecule has 1 aromatic carbocycles. The van der Waals surface area contributed by atoms with Crippen molar-refractivity contribution < 1.29 is 22.7 Å². The molecule has 1 aliphatic rings. The number of carboxylic acids is 1. The Morgan fingerprint density at radius 2 is 2.14 bits per heavy atom. The number of nitrogens with zero attached hydrogens (tertiary/aromatic N) is 2. The molecule has 0 unspecified atom stereocenters. The number of aryl methyl sites for hydroxylation is 1. The maximum absolute atomic E-state index is 12.6. The van der Waals surface area contributed by atoms with Gasteiger partial charge in [-0.05, 0) is 25.0 Å². The number of oxazole rings is 1. The lowest BCUT2D eigenvalue weighted by Gasteiger charge is -2.20. The van der Waals surface area contributed by atoms with E-state index in [9.17, 15) is 18.0 Å². The van der Waals surface area contributed by atoms with Crippen molar-refractivity contribution in [2.45, 2.75) is 23.8 Å². The summed E-state index contributed by atoms with van der Waals surface area (Å²) >= 11 is 0. The average molecular weight is 326 g/mol. The van der Waals surface area contributed by atoms with Gasteiger partial charge in [0.2, 0.25) is 10.0 Å². The van der Waals surface area contributed by atoms with Gasteiger partial charge in [0.25, 0.3) is 0 Å². The number of aliphatic carboxylic acids is 1. The number of rotatable bonds is 3. The first-order chi connectivity index (χ1) is 10.3. The van der Waals surface area contributed by atoms with Gasteiger partial charge in [-0.25, -0.2) is 13.2 Å². The molecule has 2 aromatic rings. The molecule has 0 bridgehead atoms. The normalized spacial score (nSPS) is 19.8. The van der Waals surface area contributed by atoms with Gasteiger partial charge < -0.3 is 9.52 Å². The van der Waals surface area contributed by atoms with Gasteiger partial charge in [-0.3, -0.25) is 9.36 Å². The fourth-order valence-electron chi connectivity index (χ4n) is 2.68. The molecule has 1 atom stereocenters. The number of benzene rings is 1. The Labute approximate surface area is 125 Å². The molecule has 1 aliphatic heterocycles.